The van der Waals surface area contributed by atoms with Crippen molar-refractivity contribution in [1.82, 2.24) is 20.6 Å². The van der Waals surface area contributed by atoms with Crippen molar-refractivity contribution >= 4 is 38.9 Å². The molecule has 3 aromatic rings. The number of hydrogen-bond acceptors (Lipinski definition) is 5. The van der Waals surface area contributed by atoms with Crippen molar-refractivity contribution in [3.63, 3.8) is 0 Å². The SMILES string of the molecule is O=S(=O)(Nc1ccc(-c2nn[nH]n2)cc1)c1c(Cl)cc(C(F)(F)F)cc1Cl. The Bertz CT molecular complexity index is 1050. The van der Waals surface area contributed by atoms with Crippen LogP contribution in [0.5, 0.6) is 0 Å². The molecule has 0 amide bonds. The van der Waals surface area contributed by atoms with E-state index in [1.165, 1.54) is 24.3 Å². The van der Waals surface area contributed by atoms with Crippen molar-refractivity contribution in [1.29, 1.82) is 0 Å². The molecule has 0 fully saturated rings. The minimum Gasteiger partial charge on any atom is -0.280 e. The van der Waals surface area contributed by atoms with Gasteiger partial charge in [0, 0.05) is 11.3 Å². The van der Waals surface area contributed by atoms with E-state index in [2.05, 4.69) is 25.3 Å². The fourth-order valence-corrected chi connectivity index (χ4v) is 4.43. The van der Waals surface area contributed by atoms with Crippen LogP contribution in [-0.4, -0.2) is 29.0 Å². The summed E-state index contributed by atoms with van der Waals surface area (Å²) in [5.41, 5.74) is -0.451. The van der Waals surface area contributed by atoms with Gasteiger partial charge in [-0.05, 0) is 41.6 Å². The van der Waals surface area contributed by atoms with Crippen LogP contribution >= 0.6 is 23.2 Å². The lowest BCUT2D eigenvalue weighted by Gasteiger charge is -2.14. The molecule has 0 saturated heterocycles. The van der Waals surface area contributed by atoms with E-state index < -0.39 is 36.7 Å². The highest BCUT2D eigenvalue weighted by atomic mass is 35.5. The van der Waals surface area contributed by atoms with Crippen LogP contribution in [0.3, 0.4) is 0 Å². The lowest BCUT2D eigenvalue weighted by molar-refractivity contribution is -0.137. The molecular formula is C14H8Cl2F3N5O2S. The molecule has 2 N–H and O–H groups in total. The molecule has 2 aromatic carbocycles. The van der Waals surface area contributed by atoms with Gasteiger partial charge in [-0.15, -0.1) is 10.2 Å². The summed E-state index contributed by atoms with van der Waals surface area (Å²) < 4.78 is 65.6. The van der Waals surface area contributed by atoms with Crippen molar-refractivity contribution in [2.75, 3.05) is 4.72 Å². The Balaban J connectivity index is 1.91. The number of alkyl halides is 3. The maximum Gasteiger partial charge on any atom is 0.416 e. The van der Waals surface area contributed by atoms with E-state index in [4.69, 9.17) is 23.2 Å². The molecule has 0 atom stereocenters. The quantitative estimate of drug-likeness (QED) is 0.642. The van der Waals surface area contributed by atoms with Crippen LogP contribution in [0.15, 0.2) is 41.3 Å². The maximum atomic E-state index is 12.8. The number of aromatic amines is 1. The fourth-order valence-electron chi connectivity index (χ4n) is 2.16. The number of rotatable bonds is 4. The molecule has 0 aliphatic heterocycles. The zero-order chi connectivity index (χ0) is 19.8. The molecule has 0 aliphatic rings. The Labute approximate surface area is 160 Å². The van der Waals surface area contributed by atoms with Crippen molar-refractivity contribution in [2.24, 2.45) is 0 Å². The van der Waals surface area contributed by atoms with Gasteiger partial charge in [-0.2, -0.15) is 18.4 Å². The Kier molecular flexibility index (Phi) is 5.02. The number of aromatic nitrogens is 4. The lowest BCUT2D eigenvalue weighted by Crippen LogP contribution is -2.15. The number of benzene rings is 2. The van der Waals surface area contributed by atoms with Crippen LogP contribution in [0.2, 0.25) is 10.0 Å². The second-order valence-electron chi connectivity index (χ2n) is 5.19. The van der Waals surface area contributed by atoms with Gasteiger partial charge in [-0.1, -0.05) is 23.2 Å². The van der Waals surface area contributed by atoms with Crippen LogP contribution in [0, 0.1) is 0 Å². The van der Waals surface area contributed by atoms with Gasteiger partial charge in [-0.25, -0.2) is 8.42 Å². The Morgan fingerprint density at radius 2 is 1.63 bits per heavy atom. The van der Waals surface area contributed by atoms with Crippen molar-refractivity contribution in [2.45, 2.75) is 11.1 Å². The molecule has 0 radical (unpaired) electrons. The average molecular weight is 438 g/mol. The maximum absolute atomic E-state index is 12.8. The average Bonchev–Trinajstić information content (AvgIpc) is 3.07. The van der Waals surface area contributed by atoms with Crippen LogP contribution in [0.4, 0.5) is 18.9 Å². The summed E-state index contributed by atoms with van der Waals surface area (Å²) in [7, 11) is -4.33. The van der Waals surface area contributed by atoms with Crippen molar-refractivity contribution in [3.8, 4) is 11.4 Å². The second kappa shape index (κ2) is 6.98. The first-order valence-corrected chi connectivity index (χ1v) is 9.25. The molecule has 0 unspecified atom stereocenters. The number of H-pyrrole nitrogens is 1. The molecule has 0 bridgehead atoms. The predicted octanol–water partition coefficient (Wildman–Crippen LogP) is 3.99. The van der Waals surface area contributed by atoms with Crippen molar-refractivity contribution < 1.29 is 21.6 Å². The second-order valence-corrected chi connectivity index (χ2v) is 7.62. The molecule has 13 heteroatoms. The van der Waals surface area contributed by atoms with Gasteiger partial charge in [0.15, 0.2) is 0 Å². The topological polar surface area (TPSA) is 101 Å². The Morgan fingerprint density at radius 3 is 2.11 bits per heavy atom. The monoisotopic (exact) mass is 437 g/mol. The fraction of sp³-hybridized carbons (Fsp3) is 0.0714. The number of anilines is 1. The molecule has 1 aromatic heterocycles. The van der Waals surface area contributed by atoms with Gasteiger partial charge in [0.2, 0.25) is 5.82 Å². The summed E-state index contributed by atoms with van der Waals surface area (Å²) in [6, 6.07) is 6.88. The van der Waals surface area contributed by atoms with E-state index in [9.17, 15) is 21.6 Å². The standard InChI is InChI=1S/C14H8Cl2F3N5O2S/c15-10-5-8(14(17,18)19)6-11(16)12(10)27(25,26)22-9-3-1-7(2-4-9)13-20-23-24-21-13/h1-6,22H,(H,20,21,23,24). The molecule has 0 spiro atoms. The highest BCUT2D eigenvalue weighted by molar-refractivity contribution is 7.93. The zero-order valence-electron chi connectivity index (χ0n) is 12.9. The summed E-state index contributed by atoms with van der Waals surface area (Å²) >= 11 is 11.5. The normalized spacial score (nSPS) is 12.2. The number of halogens is 5. The molecule has 7 nitrogen and oxygen atoms in total. The van der Waals surface area contributed by atoms with Gasteiger partial charge < -0.3 is 0 Å². The number of tetrazole rings is 1. The van der Waals surface area contributed by atoms with Gasteiger partial charge in [0.1, 0.15) is 4.90 Å². The molecule has 142 valence electrons. The zero-order valence-corrected chi connectivity index (χ0v) is 15.2. The van der Waals surface area contributed by atoms with Crippen molar-refractivity contribution in [3.05, 3.63) is 52.0 Å². The number of nitrogens with one attached hydrogen (secondary N) is 2. The van der Waals surface area contributed by atoms with E-state index >= 15 is 0 Å². The van der Waals surface area contributed by atoms with Gasteiger partial charge in [0.05, 0.1) is 15.6 Å². The van der Waals surface area contributed by atoms with Crippen LogP contribution in [0.25, 0.3) is 11.4 Å². The highest BCUT2D eigenvalue weighted by Gasteiger charge is 2.34. The lowest BCUT2D eigenvalue weighted by atomic mass is 10.2. The molecule has 0 aliphatic carbocycles. The van der Waals surface area contributed by atoms with E-state index in [0.29, 0.717) is 23.5 Å². The van der Waals surface area contributed by atoms with E-state index in [0.717, 1.165) is 0 Å². The summed E-state index contributed by atoms with van der Waals surface area (Å²) in [5, 5.41) is 11.9. The highest BCUT2D eigenvalue weighted by Crippen LogP contribution is 2.38. The number of sulfonamides is 1. The van der Waals surface area contributed by atoms with Gasteiger partial charge in [0.25, 0.3) is 10.0 Å². The van der Waals surface area contributed by atoms with Crippen LogP contribution in [0.1, 0.15) is 5.56 Å². The molecule has 1 heterocycles. The summed E-state index contributed by atoms with van der Waals surface area (Å²) in [4.78, 5) is -0.652. The Morgan fingerprint density at radius 1 is 1.04 bits per heavy atom. The summed E-state index contributed by atoms with van der Waals surface area (Å²) in [6.07, 6.45) is -4.71. The first-order valence-electron chi connectivity index (χ1n) is 7.01. The minimum absolute atomic E-state index is 0.134. The number of nitrogens with zero attached hydrogens (tertiary/aromatic N) is 3. The van der Waals surface area contributed by atoms with Gasteiger partial charge in [-0.3, -0.25) is 4.72 Å². The largest absolute Gasteiger partial charge is 0.416 e. The van der Waals surface area contributed by atoms with Crippen LogP contribution in [-0.2, 0) is 16.2 Å². The summed E-state index contributed by atoms with van der Waals surface area (Å²) in [6.45, 7) is 0. The molecular weight excluding hydrogens is 430 g/mol. The van der Waals surface area contributed by atoms with Gasteiger partial charge >= 0.3 is 6.18 Å². The third-order valence-corrected chi connectivity index (χ3v) is 5.64. The first kappa shape index (κ1) is 19.4. The summed E-state index contributed by atoms with van der Waals surface area (Å²) in [5.74, 6) is 0.304. The minimum atomic E-state index is -4.71. The third kappa shape index (κ3) is 4.15. The Hall–Kier alpha value is -2.37. The first-order chi connectivity index (χ1) is 12.6. The van der Waals surface area contributed by atoms with E-state index in [1.807, 2.05) is 0 Å². The van der Waals surface area contributed by atoms with Crippen LogP contribution < -0.4 is 4.72 Å². The molecule has 3 rings (SSSR count). The van der Waals surface area contributed by atoms with E-state index in [-0.39, 0.29) is 5.69 Å². The number of hydrogen-bond donors (Lipinski definition) is 2. The predicted molar refractivity (Wildman–Crippen MR) is 91.9 cm³/mol. The smallest absolute Gasteiger partial charge is 0.280 e. The third-order valence-electron chi connectivity index (χ3n) is 3.33. The van der Waals surface area contributed by atoms with E-state index in [1.54, 1.807) is 0 Å². The molecule has 0 saturated carbocycles. The molecule has 27 heavy (non-hydrogen) atoms.